The lowest BCUT2D eigenvalue weighted by molar-refractivity contribution is -0.139. The number of carbonyl (C=O) groups excluding carboxylic acids is 1. The van der Waals surface area contributed by atoms with Gasteiger partial charge in [-0.05, 0) is 56.0 Å². The number of thioether (sulfide) groups is 1. The van der Waals surface area contributed by atoms with Crippen molar-refractivity contribution in [3.63, 3.8) is 0 Å². The van der Waals surface area contributed by atoms with Crippen molar-refractivity contribution in [3.8, 4) is 11.5 Å². The van der Waals surface area contributed by atoms with E-state index >= 15 is 0 Å². The van der Waals surface area contributed by atoms with E-state index in [0.29, 0.717) is 32.1 Å². The van der Waals surface area contributed by atoms with E-state index in [2.05, 4.69) is 4.99 Å². The molecule has 4 rings (SSSR count). The molecule has 0 aliphatic carbocycles. The summed E-state index contributed by atoms with van der Waals surface area (Å²) < 4.78 is 18.2. The minimum atomic E-state index is -0.638. The number of ether oxygens (including phenoxy) is 3. The van der Waals surface area contributed by atoms with Crippen molar-refractivity contribution in [2.45, 2.75) is 24.8 Å². The number of esters is 1. The topological polar surface area (TPSA) is 79.1 Å². The molecular weight excluding hydrogens is 484 g/mol. The summed E-state index contributed by atoms with van der Waals surface area (Å²) in [7, 11) is 3.16. The van der Waals surface area contributed by atoms with Crippen LogP contribution in [-0.2, 0) is 9.53 Å². The number of carbonyl (C=O) groups is 1. The average Bonchev–Trinajstić information content (AvgIpc) is 3.17. The quantitative estimate of drug-likeness (QED) is 0.357. The van der Waals surface area contributed by atoms with Crippen molar-refractivity contribution in [1.82, 2.24) is 4.57 Å². The Morgan fingerprint density at radius 3 is 2.54 bits per heavy atom. The molecule has 2 aromatic carbocycles. The van der Waals surface area contributed by atoms with Gasteiger partial charge in [0, 0.05) is 16.5 Å². The zero-order chi connectivity index (χ0) is 25.1. The average molecular weight is 511 g/mol. The summed E-state index contributed by atoms with van der Waals surface area (Å²) in [6, 6.07) is 12.6. The molecule has 0 saturated carbocycles. The molecule has 1 aliphatic rings. The number of aromatic nitrogens is 1. The summed E-state index contributed by atoms with van der Waals surface area (Å²) >= 11 is 2.90. The molecule has 0 fully saturated rings. The van der Waals surface area contributed by atoms with Gasteiger partial charge >= 0.3 is 5.97 Å². The van der Waals surface area contributed by atoms with Crippen LogP contribution in [0.15, 0.2) is 68.4 Å². The highest BCUT2D eigenvalue weighted by atomic mass is 32.2. The predicted octanol–water partition coefficient (Wildman–Crippen LogP) is 3.54. The first-order valence-corrected chi connectivity index (χ1v) is 13.0. The summed E-state index contributed by atoms with van der Waals surface area (Å²) in [6.07, 6.45) is 3.78. The van der Waals surface area contributed by atoms with Crippen LogP contribution in [0.4, 0.5) is 0 Å². The van der Waals surface area contributed by atoms with Crippen molar-refractivity contribution in [3.05, 3.63) is 84.5 Å². The third-order valence-electron chi connectivity index (χ3n) is 5.68. The number of hydrogen-bond acceptors (Lipinski definition) is 8. The fourth-order valence-electron chi connectivity index (χ4n) is 3.97. The number of thiazole rings is 1. The summed E-state index contributed by atoms with van der Waals surface area (Å²) in [4.78, 5) is 32.9. The molecular formula is C26H26N2O5S2. The molecule has 0 N–H and O–H groups in total. The van der Waals surface area contributed by atoms with E-state index in [-0.39, 0.29) is 12.2 Å². The fraction of sp³-hybridized carbons (Fsp3) is 0.269. The Hall–Kier alpha value is -3.30. The SMILES string of the molecule is CCOC(=O)C1=C(C)N=c2s/c(=C\c3ccc(OC)cc3OC)c(=O)n2[C@@H]1c1ccc(SC)cc1. The first-order valence-electron chi connectivity index (χ1n) is 11.0. The number of nitrogens with zero attached hydrogens (tertiary/aromatic N) is 2. The number of fused-ring (bicyclic) bond motifs is 1. The number of methoxy groups -OCH3 is 2. The minimum Gasteiger partial charge on any atom is -0.497 e. The van der Waals surface area contributed by atoms with Gasteiger partial charge in [-0.25, -0.2) is 9.79 Å². The monoisotopic (exact) mass is 510 g/mol. The first-order chi connectivity index (χ1) is 16.9. The Morgan fingerprint density at radius 2 is 1.91 bits per heavy atom. The van der Waals surface area contributed by atoms with Gasteiger partial charge < -0.3 is 14.2 Å². The van der Waals surface area contributed by atoms with Gasteiger partial charge in [-0.1, -0.05) is 23.5 Å². The minimum absolute atomic E-state index is 0.232. The summed E-state index contributed by atoms with van der Waals surface area (Å²) in [5.74, 6) is 0.769. The molecule has 35 heavy (non-hydrogen) atoms. The maximum absolute atomic E-state index is 13.7. The van der Waals surface area contributed by atoms with Crippen molar-refractivity contribution >= 4 is 35.1 Å². The van der Waals surface area contributed by atoms with E-state index in [1.54, 1.807) is 56.5 Å². The largest absolute Gasteiger partial charge is 0.497 e. The summed E-state index contributed by atoms with van der Waals surface area (Å²) in [6.45, 7) is 3.77. The first kappa shape index (κ1) is 24.8. The van der Waals surface area contributed by atoms with Crippen molar-refractivity contribution in [2.75, 3.05) is 27.1 Å². The Bertz CT molecular complexity index is 1470. The second kappa shape index (κ2) is 10.5. The van der Waals surface area contributed by atoms with E-state index in [1.165, 1.54) is 11.3 Å². The lowest BCUT2D eigenvalue weighted by Crippen LogP contribution is -2.39. The number of allylic oxidation sites excluding steroid dienone is 1. The highest BCUT2D eigenvalue weighted by Crippen LogP contribution is 2.32. The lowest BCUT2D eigenvalue weighted by Gasteiger charge is -2.24. The normalized spacial score (nSPS) is 15.5. The van der Waals surface area contributed by atoms with E-state index in [1.807, 2.05) is 42.7 Å². The van der Waals surface area contributed by atoms with Crippen LogP contribution in [0, 0.1) is 0 Å². The van der Waals surface area contributed by atoms with Crippen LogP contribution in [0.3, 0.4) is 0 Å². The third kappa shape index (κ3) is 4.78. The van der Waals surface area contributed by atoms with Crippen molar-refractivity contribution < 1.29 is 19.0 Å². The van der Waals surface area contributed by atoms with Gasteiger partial charge in [0.15, 0.2) is 4.80 Å². The van der Waals surface area contributed by atoms with Crippen LogP contribution in [0.5, 0.6) is 11.5 Å². The Kier molecular flexibility index (Phi) is 7.47. The zero-order valence-corrected chi connectivity index (χ0v) is 21.8. The highest BCUT2D eigenvalue weighted by molar-refractivity contribution is 7.98. The van der Waals surface area contributed by atoms with Crippen LogP contribution < -0.4 is 24.4 Å². The van der Waals surface area contributed by atoms with Gasteiger partial charge in [0.2, 0.25) is 0 Å². The zero-order valence-electron chi connectivity index (χ0n) is 20.2. The van der Waals surface area contributed by atoms with Gasteiger partial charge in [-0.15, -0.1) is 11.8 Å². The molecule has 0 unspecified atom stereocenters. The number of hydrogen-bond donors (Lipinski definition) is 0. The lowest BCUT2D eigenvalue weighted by atomic mass is 9.96. The number of rotatable bonds is 7. The summed E-state index contributed by atoms with van der Waals surface area (Å²) in [5, 5.41) is 0. The summed E-state index contributed by atoms with van der Waals surface area (Å²) in [5.41, 5.74) is 2.22. The molecule has 0 spiro atoms. The van der Waals surface area contributed by atoms with E-state index < -0.39 is 12.0 Å². The standard InChI is InChI=1S/C26H26N2O5S2/c1-6-33-25(30)22-15(2)27-26-28(23(22)16-8-11-19(34-5)12-9-16)24(29)21(35-26)13-17-7-10-18(31-3)14-20(17)32-4/h7-14,23H,6H2,1-5H3/b21-13-/t23-/m1/s1. The van der Waals surface area contributed by atoms with E-state index in [4.69, 9.17) is 14.2 Å². The van der Waals surface area contributed by atoms with Gasteiger partial charge in [0.1, 0.15) is 11.5 Å². The van der Waals surface area contributed by atoms with Gasteiger partial charge in [0.25, 0.3) is 5.56 Å². The predicted molar refractivity (Wildman–Crippen MR) is 138 cm³/mol. The Labute approximate surface area is 211 Å². The van der Waals surface area contributed by atoms with Crippen LogP contribution >= 0.6 is 23.1 Å². The van der Waals surface area contributed by atoms with Gasteiger partial charge in [0.05, 0.1) is 42.7 Å². The van der Waals surface area contributed by atoms with Crippen LogP contribution in [-0.4, -0.2) is 37.6 Å². The smallest absolute Gasteiger partial charge is 0.338 e. The fourth-order valence-corrected chi connectivity index (χ4v) is 5.42. The molecule has 182 valence electrons. The molecule has 0 bridgehead atoms. The second-order valence-electron chi connectivity index (χ2n) is 7.68. The van der Waals surface area contributed by atoms with Crippen LogP contribution in [0.2, 0.25) is 0 Å². The highest BCUT2D eigenvalue weighted by Gasteiger charge is 2.33. The van der Waals surface area contributed by atoms with Gasteiger partial charge in [-0.2, -0.15) is 0 Å². The van der Waals surface area contributed by atoms with Crippen molar-refractivity contribution in [1.29, 1.82) is 0 Å². The Balaban J connectivity index is 1.93. The van der Waals surface area contributed by atoms with Crippen LogP contribution in [0.1, 0.15) is 31.0 Å². The molecule has 0 saturated heterocycles. The van der Waals surface area contributed by atoms with E-state index in [0.717, 1.165) is 16.0 Å². The molecule has 1 atom stereocenters. The maximum Gasteiger partial charge on any atom is 0.338 e. The Morgan fingerprint density at radius 1 is 1.17 bits per heavy atom. The number of benzene rings is 2. The second-order valence-corrected chi connectivity index (χ2v) is 9.57. The van der Waals surface area contributed by atoms with Crippen LogP contribution in [0.25, 0.3) is 6.08 Å². The molecule has 7 nitrogen and oxygen atoms in total. The molecule has 2 heterocycles. The van der Waals surface area contributed by atoms with Gasteiger partial charge in [-0.3, -0.25) is 9.36 Å². The molecule has 0 amide bonds. The van der Waals surface area contributed by atoms with Crippen molar-refractivity contribution in [2.24, 2.45) is 4.99 Å². The molecule has 1 aliphatic heterocycles. The van der Waals surface area contributed by atoms with E-state index in [9.17, 15) is 9.59 Å². The molecule has 9 heteroatoms. The molecule has 1 aromatic heterocycles. The maximum atomic E-state index is 13.7. The third-order valence-corrected chi connectivity index (χ3v) is 7.40. The molecule has 0 radical (unpaired) electrons. The molecule has 3 aromatic rings.